The van der Waals surface area contributed by atoms with Crippen molar-refractivity contribution >= 4 is 21.7 Å². The minimum atomic E-state index is 0.566. The van der Waals surface area contributed by atoms with E-state index in [0.29, 0.717) is 6.61 Å². The molecule has 1 aromatic heterocycles. The zero-order chi connectivity index (χ0) is 14.8. The SMILES string of the molecule is c1ccc2cc(COc3ccc4ncccc4c3)ccc2c1. The fraction of sp³-hybridized carbons (Fsp3) is 0.0500. The molecule has 2 heteroatoms. The van der Waals surface area contributed by atoms with E-state index < -0.39 is 0 Å². The maximum Gasteiger partial charge on any atom is 0.120 e. The molecule has 0 saturated carbocycles. The summed E-state index contributed by atoms with van der Waals surface area (Å²) in [4.78, 5) is 4.32. The molecule has 4 aromatic rings. The fourth-order valence-corrected chi connectivity index (χ4v) is 2.64. The van der Waals surface area contributed by atoms with Crippen LogP contribution in [0.15, 0.2) is 79.0 Å². The van der Waals surface area contributed by atoms with Gasteiger partial charge in [0.25, 0.3) is 0 Å². The van der Waals surface area contributed by atoms with Gasteiger partial charge in [0.2, 0.25) is 0 Å². The van der Waals surface area contributed by atoms with Gasteiger partial charge in [-0.1, -0.05) is 42.5 Å². The van der Waals surface area contributed by atoms with E-state index in [4.69, 9.17) is 4.74 Å². The van der Waals surface area contributed by atoms with Gasteiger partial charge in [0, 0.05) is 11.6 Å². The highest BCUT2D eigenvalue weighted by Crippen LogP contribution is 2.21. The monoisotopic (exact) mass is 285 g/mol. The van der Waals surface area contributed by atoms with E-state index in [0.717, 1.165) is 16.7 Å². The molecule has 1 heterocycles. The summed E-state index contributed by atoms with van der Waals surface area (Å²) in [5.74, 6) is 0.869. The van der Waals surface area contributed by atoms with Crippen molar-refractivity contribution in [3.8, 4) is 5.75 Å². The van der Waals surface area contributed by atoms with Gasteiger partial charge in [-0.25, -0.2) is 0 Å². The third kappa shape index (κ3) is 2.51. The van der Waals surface area contributed by atoms with Crippen LogP contribution in [0.1, 0.15) is 5.56 Å². The predicted molar refractivity (Wildman–Crippen MR) is 90.0 cm³/mol. The maximum atomic E-state index is 5.92. The highest BCUT2D eigenvalue weighted by molar-refractivity contribution is 5.83. The Morgan fingerprint density at radius 2 is 1.59 bits per heavy atom. The number of nitrogens with zero attached hydrogens (tertiary/aromatic N) is 1. The van der Waals surface area contributed by atoms with Crippen molar-refractivity contribution in [2.75, 3.05) is 0 Å². The maximum absolute atomic E-state index is 5.92. The minimum absolute atomic E-state index is 0.566. The molecule has 3 aromatic carbocycles. The van der Waals surface area contributed by atoms with Crippen molar-refractivity contribution in [1.29, 1.82) is 0 Å². The molecule has 0 aliphatic carbocycles. The van der Waals surface area contributed by atoms with Crippen LogP contribution in [-0.4, -0.2) is 4.98 Å². The molecule has 0 spiro atoms. The number of benzene rings is 3. The Morgan fingerprint density at radius 1 is 0.727 bits per heavy atom. The standard InChI is InChI=1S/C20H15NO/c1-2-5-17-12-15(7-8-16(17)4-1)14-22-19-9-10-20-18(13-19)6-3-11-21-20/h1-13H,14H2. The van der Waals surface area contributed by atoms with Gasteiger partial charge >= 0.3 is 0 Å². The summed E-state index contributed by atoms with van der Waals surface area (Å²) >= 11 is 0. The first-order valence-corrected chi connectivity index (χ1v) is 7.34. The van der Waals surface area contributed by atoms with Crippen LogP contribution < -0.4 is 4.74 Å². The minimum Gasteiger partial charge on any atom is -0.489 e. The highest BCUT2D eigenvalue weighted by atomic mass is 16.5. The molecule has 0 N–H and O–H groups in total. The summed E-state index contributed by atoms with van der Waals surface area (Å²) in [6, 6.07) is 24.8. The summed E-state index contributed by atoms with van der Waals surface area (Å²) in [5, 5.41) is 3.59. The largest absolute Gasteiger partial charge is 0.489 e. The van der Waals surface area contributed by atoms with E-state index in [1.165, 1.54) is 16.3 Å². The number of hydrogen-bond donors (Lipinski definition) is 0. The van der Waals surface area contributed by atoms with Gasteiger partial charge in [0.15, 0.2) is 0 Å². The average molecular weight is 285 g/mol. The van der Waals surface area contributed by atoms with E-state index >= 15 is 0 Å². The smallest absolute Gasteiger partial charge is 0.120 e. The molecule has 0 atom stereocenters. The Bertz CT molecular complexity index is 867. The van der Waals surface area contributed by atoms with Gasteiger partial charge < -0.3 is 4.74 Å². The molecule has 0 aliphatic heterocycles. The molecule has 2 nitrogen and oxygen atoms in total. The van der Waals surface area contributed by atoms with Crippen LogP contribution in [0.2, 0.25) is 0 Å². The van der Waals surface area contributed by atoms with E-state index in [9.17, 15) is 0 Å². The van der Waals surface area contributed by atoms with Crippen molar-refractivity contribution in [2.24, 2.45) is 0 Å². The third-order valence-corrected chi connectivity index (χ3v) is 3.79. The molecule has 4 rings (SSSR count). The first-order valence-electron chi connectivity index (χ1n) is 7.34. The Morgan fingerprint density at radius 3 is 2.55 bits per heavy atom. The summed E-state index contributed by atoms with van der Waals surface area (Å²) in [6.45, 7) is 0.566. The lowest BCUT2D eigenvalue weighted by molar-refractivity contribution is 0.307. The van der Waals surface area contributed by atoms with Crippen LogP contribution in [0.25, 0.3) is 21.7 Å². The summed E-state index contributed by atoms with van der Waals surface area (Å²) in [7, 11) is 0. The molecular weight excluding hydrogens is 270 g/mol. The summed E-state index contributed by atoms with van der Waals surface area (Å²) in [5.41, 5.74) is 2.16. The van der Waals surface area contributed by atoms with E-state index in [1.54, 1.807) is 6.20 Å². The second-order valence-electron chi connectivity index (χ2n) is 5.33. The molecule has 22 heavy (non-hydrogen) atoms. The zero-order valence-corrected chi connectivity index (χ0v) is 12.1. The molecular formula is C20H15NO. The first-order chi connectivity index (χ1) is 10.9. The van der Waals surface area contributed by atoms with Gasteiger partial charge in [-0.3, -0.25) is 4.98 Å². The Kier molecular flexibility index (Phi) is 3.20. The van der Waals surface area contributed by atoms with Gasteiger partial charge in [0.1, 0.15) is 12.4 Å². The first kappa shape index (κ1) is 12.8. The number of pyridine rings is 1. The van der Waals surface area contributed by atoms with Gasteiger partial charge in [-0.15, -0.1) is 0 Å². The number of rotatable bonds is 3. The van der Waals surface area contributed by atoms with E-state index in [1.807, 2.05) is 30.3 Å². The topological polar surface area (TPSA) is 22.1 Å². The molecule has 0 aliphatic rings. The average Bonchev–Trinajstić information content (AvgIpc) is 2.59. The van der Waals surface area contributed by atoms with Crippen LogP contribution >= 0.6 is 0 Å². The lowest BCUT2D eigenvalue weighted by atomic mass is 10.1. The van der Waals surface area contributed by atoms with E-state index in [-0.39, 0.29) is 0 Å². The third-order valence-electron chi connectivity index (χ3n) is 3.79. The molecule has 0 amide bonds. The molecule has 106 valence electrons. The lowest BCUT2D eigenvalue weighted by Crippen LogP contribution is -1.95. The number of fused-ring (bicyclic) bond motifs is 2. The molecule has 0 bridgehead atoms. The molecule has 0 radical (unpaired) electrons. The van der Waals surface area contributed by atoms with Crippen LogP contribution in [0, 0.1) is 0 Å². The van der Waals surface area contributed by atoms with Crippen molar-refractivity contribution < 1.29 is 4.74 Å². The Labute approximate surface area is 129 Å². The number of hydrogen-bond acceptors (Lipinski definition) is 2. The molecule has 0 saturated heterocycles. The van der Waals surface area contributed by atoms with E-state index in [2.05, 4.69) is 47.4 Å². The number of ether oxygens (including phenoxy) is 1. The second kappa shape index (κ2) is 5.49. The Hall–Kier alpha value is -2.87. The van der Waals surface area contributed by atoms with Gasteiger partial charge in [-0.2, -0.15) is 0 Å². The quantitative estimate of drug-likeness (QED) is 0.530. The van der Waals surface area contributed by atoms with Gasteiger partial charge in [-0.05, 0) is 46.7 Å². The van der Waals surface area contributed by atoms with Crippen LogP contribution in [0.5, 0.6) is 5.75 Å². The van der Waals surface area contributed by atoms with Crippen LogP contribution in [-0.2, 0) is 6.61 Å². The van der Waals surface area contributed by atoms with Crippen LogP contribution in [0.4, 0.5) is 0 Å². The predicted octanol–water partition coefficient (Wildman–Crippen LogP) is 4.97. The zero-order valence-electron chi connectivity index (χ0n) is 12.1. The molecule has 0 fully saturated rings. The Balaban J connectivity index is 1.57. The number of aromatic nitrogens is 1. The second-order valence-corrected chi connectivity index (χ2v) is 5.33. The normalized spacial score (nSPS) is 10.9. The lowest BCUT2D eigenvalue weighted by Gasteiger charge is -2.08. The molecule has 0 unspecified atom stereocenters. The van der Waals surface area contributed by atoms with Gasteiger partial charge in [0.05, 0.1) is 5.52 Å². The van der Waals surface area contributed by atoms with Crippen molar-refractivity contribution in [3.05, 3.63) is 84.6 Å². The van der Waals surface area contributed by atoms with Crippen molar-refractivity contribution in [2.45, 2.75) is 6.61 Å². The summed E-state index contributed by atoms with van der Waals surface area (Å²) < 4.78 is 5.92. The summed E-state index contributed by atoms with van der Waals surface area (Å²) in [6.07, 6.45) is 1.80. The fourth-order valence-electron chi connectivity index (χ4n) is 2.64. The van der Waals surface area contributed by atoms with Crippen molar-refractivity contribution in [3.63, 3.8) is 0 Å². The van der Waals surface area contributed by atoms with Crippen LogP contribution in [0.3, 0.4) is 0 Å². The highest BCUT2D eigenvalue weighted by Gasteiger charge is 2.00. The van der Waals surface area contributed by atoms with Crippen molar-refractivity contribution in [1.82, 2.24) is 4.98 Å².